The molecule has 2 rings (SSSR count). The van der Waals surface area contributed by atoms with E-state index in [9.17, 15) is 9.50 Å². The number of aryl methyl sites for hydroxylation is 1. The highest BCUT2D eigenvalue weighted by Crippen LogP contribution is 2.29. The van der Waals surface area contributed by atoms with Crippen LogP contribution in [0.15, 0.2) is 34.7 Å². The molecule has 0 saturated heterocycles. The molecule has 0 bridgehead atoms. The molecule has 0 aliphatic carbocycles. The standard InChI is InChI=1S/C14H15FO2/c1-3-12(16)14-7-6-13(17-14)11-5-4-10(15)8-9(11)2/h4-8,12,16H,3H2,1-2H3. The molecule has 1 heterocycles. The number of hydrogen-bond acceptors (Lipinski definition) is 2. The lowest BCUT2D eigenvalue weighted by atomic mass is 10.1. The molecule has 90 valence electrons. The van der Waals surface area contributed by atoms with Gasteiger partial charge in [0.15, 0.2) is 0 Å². The maximum absolute atomic E-state index is 13.0. The Morgan fingerprint density at radius 2 is 2.06 bits per heavy atom. The van der Waals surface area contributed by atoms with Gasteiger partial charge in [0.1, 0.15) is 23.4 Å². The van der Waals surface area contributed by atoms with Crippen LogP contribution in [0.4, 0.5) is 4.39 Å². The van der Waals surface area contributed by atoms with E-state index in [2.05, 4.69) is 0 Å². The van der Waals surface area contributed by atoms with Crippen molar-refractivity contribution in [2.75, 3.05) is 0 Å². The lowest BCUT2D eigenvalue weighted by Gasteiger charge is -2.04. The van der Waals surface area contributed by atoms with Crippen molar-refractivity contribution in [3.8, 4) is 11.3 Å². The van der Waals surface area contributed by atoms with Crippen molar-refractivity contribution in [3.63, 3.8) is 0 Å². The van der Waals surface area contributed by atoms with Crippen molar-refractivity contribution in [2.24, 2.45) is 0 Å². The molecule has 0 radical (unpaired) electrons. The van der Waals surface area contributed by atoms with Crippen LogP contribution in [0, 0.1) is 12.7 Å². The lowest BCUT2D eigenvalue weighted by molar-refractivity contribution is 0.147. The highest BCUT2D eigenvalue weighted by atomic mass is 19.1. The van der Waals surface area contributed by atoms with Crippen LogP contribution in [0.1, 0.15) is 30.8 Å². The highest BCUT2D eigenvalue weighted by Gasteiger charge is 2.12. The molecule has 0 aliphatic rings. The molecule has 1 aromatic heterocycles. The fourth-order valence-electron chi connectivity index (χ4n) is 1.78. The molecule has 2 aromatic rings. The summed E-state index contributed by atoms with van der Waals surface area (Å²) in [7, 11) is 0. The van der Waals surface area contributed by atoms with Gasteiger partial charge in [-0.15, -0.1) is 0 Å². The second-order valence-electron chi connectivity index (χ2n) is 4.09. The smallest absolute Gasteiger partial charge is 0.134 e. The zero-order valence-corrected chi connectivity index (χ0v) is 9.90. The van der Waals surface area contributed by atoms with Crippen LogP contribution >= 0.6 is 0 Å². The van der Waals surface area contributed by atoms with Crippen molar-refractivity contribution < 1.29 is 13.9 Å². The first kappa shape index (κ1) is 11.9. The predicted octanol–water partition coefficient (Wildman–Crippen LogP) is 3.84. The third-order valence-electron chi connectivity index (χ3n) is 2.80. The molecule has 2 nitrogen and oxygen atoms in total. The topological polar surface area (TPSA) is 33.4 Å². The number of hydrogen-bond donors (Lipinski definition) is 1. The minimum Gasteiger partial charge on any atom is -0.458 e. The Morgan fingerprint density at radius 3 is 2.71 bits per heavy atom. The molecule has 1 N–H and O–H groups in total. The summed E-state index contributed by atoms with van der Waals surface area (Å²) in [5, 5.41) is 9.65. The van der Waals surface area contributed by atoms with Crippen molar-refractivity contribution in [3.05, 3.63) is 47.5 Å². The van der Waals surface area contributed by atoms with Crippen LogP contribution < -0.4 is 0 Å². The van der Waals surface area contributed by atoms with Gasteiger partial charge in [0.25, 0.3) is 0 Å². The van der Waals surface area contributed by atoms with Gasteiger partial charge in [-0.05, 0) is 49.2 Å². The van der Waals surface area contributed by atoms with Crippen LogP contribution in [0.3, 0.4) is 0 Å². The van der Waals surface area contributed by atoms with Crippen LogP contribution in [0.25, 0.3) is 11.3 Å². The number of benzene rings is 1. The summed E-state index contributed by atoms with van der Waals surface area (Å²) < 4.78 is 18.6. The first-order valence-electron chi connectivity index (χ1n) is 5.66. The monoisotopic (exact) mass is 234 g/mol. The Kier molecular flexibility index (Phi) is 3.29. The zero-order valence-electron chi connectivity index (χ0n) is 9.90. The van der Waals surface area contributed by atoms with Crippen molar-refractivity contribution in [1.82, 2.24) is 0 Å². The third-order valence-corrected chi connectivity index (χ3v) is 2.80. The average Bonchev–Trinajstić information content (AvgIpc) is 2.77. The molecule has 1 aromatic carbocycles. The zero-order chi connectivity index (χ0) is 12.4. The van der Waals surface area contributed by atoms with E-state index in [4.69, 9.17) is 4.42 Å². The maximum atomic E-state index is 13.0. The first-order valence-corrected chi connectivity index (χ1v) is 5.66. The fourth-order valence-corrected chi connectivity index (χ4v) is 1.78. The molecule has 17 heavy (non-hydrogen) atoms. The van der Waals surface area contributed by atoms with E-state index in [0.29, 0.717) is 17.9 Å². The SMILES string of the molecule is CCC(O)c1ccc(-c2ccc(F)cc2C)o1. The van der Waals surface area contributed by atoms with E-state index in [1.54, 1.807) is 18.2 Å². The summed E-state index contributed by atoms with van der Waals surface area (Å²) in [4.78, 5) is 0. The molecule has 0 spiro atoms. The number of rotatable bonds is 3. The fraction of sp³-hybridized carbons (Fsp3) is 0.286. The van der Waals surface area contributed by atoms with Crippen LogP contribution in [-0.2, 0) is 0 Å². The Bertz CT molecular complexity index is 517. The molecule has 0 fully saturated rings. The average molecular weight is 234 g/mol. The van der Waals surface area contributed by atoms with E-state index in [1.807, 2.05) is 13.8 Å². The van der Waals surface area contributed by atoms with Gasteiger partial charge in [0.2, 0.25) is 0 Å². The third kappa shape index (κ3) is 2.39. The van der Waals surface area contributed by atoms with Crippen LogP contribution in [0.5, 0.6) is 0 Å². The number of aliphatic hydroxyl groups is 1. The normalized spacial score (nSPS) is 12.7. The van der Waals surface area contributed by atoms with Gasteiger partial charge in [-0.25, -0.2) is 4.39 Å². The molecule has 0 saturated carbocycles. The summed E-state index contributed by atoms with van der Waals surface area (Å²) in [5.41, 5.74) is 1.66. The Labute approximate surface area is 99.7 Å². The Balaban J connectivity index is 2.37. The summed E-state index contributed by atoms with van der Waals surface area (Å²) in [5.74, 6) is 0.947. The first-order chi connectivity index (χ1) is 8.11. The predicted molar refractivity (Wildman–Crippen MR) is 64.1 cm³/mol. The Morgan fingerprint density at radius 1 is 1.29 bits per heavy atom. The Hall–Kier alpha value is -1.61. The summed E-state index contributed by atoms with van der Waals surface area (Å²) in [6.45, 7) is 3.72. The van der Waals surface area contributed by atoms with Gasteiger partial charge in [-0.3, -0.25) is 0 Å². The second kappa shape index (κ2) is 4.72. The molecule has 0 aliphatic heterocycles. The summed E-state index contributed by atoms with van der Waals surface area (Å²) in [6, 6.07) is 8.11. The molecule has 0 amide bonds. The van der Waals surface area contributed by atoms with E-state index in [-0.39, 0.29) is 5.82 Å². The van der Waals surface area contributed by atoms with E-state index < -0.39 is 6.10 Å². The molecule has 3 heteroatoms. The van der Waals surface area contributed by atoms with Crippen molar-refractivity contribution in [1.29, 1.82) is 0 Å². The van der Waals surface area contributed by atoms with Crippen molar-refractivity contribution >= 4 is 0 Å². The molecular formula is C14H15FO2. The van der Waals surface area contributed by atoms with Gasteiger partial charge in [-0.1, -0.05) is 6.92 Å². The second-order valence-corrected chi connectivity index (χ2v) is 4.09. The van der Waals surface area contributed by atoms with Crippen molar-refractivity contribution in [2.45, 2.75) is 26.4 Å². The molecular weight excluding hydrogens is 219 g/mol. The van der Waals surface area contributed by atoms with Gasteiger partial charge >= 0.3 is 0 Å². The van der Waals surface area contributed by atoms with Gasteiger partial charge in [0, 0.05) is 5.56 Å². The van der Waals surface area contributed by atoms with Crippen LogP contribution in [0.2, 0.25) is 0 Å². The largest absolute Gasteiger partial charge is 0.458 e. The van der Waals surface area contributed by atoms with E-state index in [0.717, 1.165) is 11.1 Å². The van der Waals surface area contributed by atoms with Gasteiger partial charge in [0.05, 0.1) is 0 Å². The van der Waals surface area contributed by atoms with Gasteiger partial charge < -0.3 is 9.52 Å². The maximum Gasteiger partial charge on any atom is 0.134 e. The molecule has 1 unspecified atom stereocenters. The number of aliphatic hydroxyl groups excluding tert-OH is 1. The van der Waals surface area contributed by atoms with Crippen LogP contribution in [-0.4, -0.2) is 5.11 Å². The number of furan rings is 1. The summed E-state index contributed by atoms with van der Waals surface area (Å²) >= 11 is 0. The van der Waals surface area contributed by atoms with Gasteiger partial charge in [-0.2, -0.15) is 0 Å². The summed E-state index contributed by atoms with van der Waals surface area (Å²) in [6.07, 6.45) is 0.0273. The molecule has 1 atom stereocenters. The van der Waals surface area contributed by atoms with E-state index >= 15 is 0 Å². The highest BCUT2D eigenvalue weighted by molar-refractivity contribution is 5.62. The quantitative estimate of drug-likeness (QED) is 0.875. The number of halogens is 1. The minimum atomic E-state index is -0.579. The minimum absolute atomic E-state index is 0.258. The lowest BCUT2D eigenvalue weighted by Crippen LogP contribution is -1.91. The van der Waals surface area contributed by atoms with E-state index in [1.165, 1.54) is 12.1 Å².